The summed E-state index contributed by atoms with van der Waals surface area (Å²) in [6.45, 7) is 5.41. The van der Waals surface area contributed by atoms with Crippen molar-refractivity contribution < 1.29 is 24.2 Å². The zero-order valence-electron chi connectivity index (χ0n) is 19.5. The minimum atomic E-state index is -1.47. The third-order valence-corrected chi connectivity index (χ3v) is 7.34. The second-order valence-corrected chi connectivity index (χ2v) is 9.84. The number of esters is 1. The predicted octanol–water partition coefficient (Wildman–Crippen LogP) is 5.30. The predicted molar refractivity (Wildman–Crippen MR) is 125 cm³/mol. The molecule has 4 rings (SSSR count). The van der Waals surface area contributed by atoms with Crippen LogP contribution in [0.5, 0.6) is 11.5 Å². The van der Waals surface area contributed by atoms with Crippen molar-refractivity contribution in [3.05, 3.63) is 60.2 Å². The number of benzene rings is 2. The van der Waals surface area contributed by atoms with Gasteiger partial charge in [0.2, 0.25) is 0 Å². The van der Waals surface area contributed by atoms with E-state index in [0.717, 1.165) is 19.3 Å². The summed E-state index contributed by atoms with van der Waals surface area (Å²) in [7, 11) is 0. The highest BCUT2D eigenvalue weighted by Gasteiger charge is 2.79. The highest BCUT2D eigenvalue weighted by Crippen LogP contribution is 2.74. The second-order valence-electron chi connectivity index (χ2n) is 9.84. The van der Waals surface area contributed by atoms with E-state index in [1.807, 2.05) is 37.3 Å². The summed E-state index contributed by atoms with van der Waals surface area (Å²) in [5, 5.41) is 20.4. The van der Waals surface area contributed by atoms with Crippen LogP contribution in [0.4, 0.5) is 0 Å². The van der Waals surface area contributed by atoms with Crippen molar-refractivity contribution in [1.82, 2.24) is 0 Å². The summed E-state index contributed by atoms with van der Waals surface area (Å²) in [6.07, 6.45) is 2.60. The average molecular weight is 458 g/mol. The number of carbonyl (C=O) groups excluding carboxylic acids is 1. The first-order chi connectivity index (χ1) is 16.1. The number of hydrogen-bond acceptors (Lipinski definition) is 5. The summed E-state index contributed by atoms with van der Waals surface area (Å²) in [5.74, 6) is 3.03. The Kier molecular flexibility index (Phi) is 5.87. The van der Waals surface area contributed by atoms with Gasteiger partial charge in [-0.15, -0.1) is 0 Å². The maximum absolute atomic E-state index is 12.6. The lowest BCUT2D eigenvalue weighted by molar-refractivity contribution is -0.159. The molecule has 1 N–H and O–H groups in total. The number of rotatable bonds is 6. The molecule has 2 aromatic carbocycles. The number of carboxylic acid groups (broad SMARTS) is 1. The smallest absolute Gasteiger partial charge is 0.384 e. The van der Waals surface area contributed by atoms with Crippen LogP contribution in [0.15, 0.2) is 54.6 Å². The zero-order chi connectivity index (χ0) is 24.6. The van der Waals surface area contributed by atoms with Crippen molar-refractivity contribution in [2.24, 2.45) is 16.7 Å². The molecule has 1 unspecified atom stereocenters. The van der Waals surface area contributed by atoms with Crippen LogP contribution in [-0.2, 0) is 14.3 Å². The van der Waals surface area contributed by atoms with Crippen molar-refractivity contribution in [3.63, 3.8) is 0 Å². The van der Waals surface area contributed by atoms with E-state index < -0.39 is 40.2 Å². The van der Waals surface area contributed by atoms with E-state index in [9.17, 15) is 20.0 Å². The van der Waals surface area contributed by atoms with Gasteiger partial charge in [0.1, 0.15) is 22.5 Å². The van der Waals surface area contributed by atoms with Crippen LogP contribution in [0.25, 0.3) is 0 Å². The third-order valence-electron chi connectivity index (χ3n) is 7.34. The van der Waals surface area contributed by atoms with E-state index in [2.05, 4.69) is 17.9 Å². The van der Waals surface area contributed by atoms with Crippen LogP contribution in [-0.4, -0.2) is 22.6 Å². The zero-order valence-corrected chi connectivity index (χ0v) is 19.5. The highest BCUT2D eigenvalue weighted by molar-refractivity contribution is 5.90. The molecule has 0 radical (unpaired) electrons. The Bertz CT molecular complexity index is 1210. The Morgan fingerprint density at radius 3 is 2.32 bits per heavy atom. The average Bonchev–Trinajstić information content (AvgIpc) is 3.28. The molecule has 0 saturated heterocycles. The first-order valence-corrected chi connectivity index (χ1v) is 11.3. The van der Waals surface area contributed by atoms with E-state index >= 15 is 0 Å². The maximum atomic E-state index is 12.6. The molecule has 2 aliphatic rings. The van der Waals surface area contributed by atoms with Crippen LogP contribution >= 0.6 is 0 Å². The van der Waals surface area contributed by atoms with Gasteiger partial charge in [-0.25, -0.2) is 4.79 Å². The third kappa shape index (κ3) is 3.90. The molecule has 3 atom stereocenters. The van der Waals surface area contributed by atoms with Crippen molar-refractivity contribution >= 4 is 11.9 Å². The van der Waals surface area contributed by atoms with Gasteiger partial charge >= 0.3 is 11.9 Å². The van der Waals surface area contributed by atoms with Crippen molar-refractivity contribution in [1.29, 1.82) is 5.26 Å². The van der Waals surface area contributed by atoms with E-state index in [1.165, 1.54) is 0 Å². The molecule has 2 saturated carbocycles. The van der Waals surface area contributed by atoms with Crippen LogP contribution in [0.2, 0.25) is 0 Å². The Morgan fingerprint density at radius 1 is 1.06 bits per heavy atom. The molecule has 0 aromatic heterocycles. The fourth-order valence-corrected chi connectivity index (χ4v) is 5.13. The van der Waals surface area contributed by atoms with Crippen molar-refractivity contribution in [2.75, 3.05) is 0 Å². The first-order valence-electron chi connectivity index (χ1n) is 11.3. The molecule has 2 aromatic rings. The molecule has 0 heterocycles. The molecule has 2 fully saturated rings. The number of ether oxygens (including phenoxy) is 2. The largest absolute Gasteiger partial charge is 0.481 e. The fraction of sp³-hybridized carbons (Fsp3) is 0.393. The first kappa shape index (κ1) is 23.4. The number of carbonyl (C=O) groups is 2. The molecular weight excluding hydrogens is 430 g/mol. The molecule has 0 aliphatic heterocycles. The van der Waals surface area contributed by atoms with E-state index in [1.54, 1.807) is 38.1 Å². The number of aliphatic carboxylic acids is 1. The molecular formula is C28H27NO5. The lowest BCUT2D eigenvalue weighted by Crippen LogP contribution is -2.38. The van der Waals surface area contributed by atoms with Gasteiger partial charge in [0.05, 0.1) is 12.0 Å². The number of para-hydroxylation sites is 1. The van der Waals surface area contributed by atoms with Crippen LogP contribution in [0.3, 0.4) is 0 Å². The van der Waals surface area contributed by atoms with E-state index in [-0.39, 0.29) is 0 Å². The van der Waals surface area contributed by atoms with Gasteiger partial charge in [-0.1, -0.05) is 50.1 Å². The van der Waals surface area contributed by atoms with Gasteiger partial charge in [0.15, 0.2) is 0 Å². The standard InChI is InChI=1S/C28H27NO5/c1-26(2)23(13-14-24(30)34-27(3)15-8-16-27)28(26,25(31)32)22(18-29)19-9-7-12-21(17-19)33-20-10-5-4-6-11-20/h4-7,9-12,17,22-23H,8,15-16H2,1-3H3,(H,31,32)/t22?,23-,28+/m0/s1. The lowest BCUT2D eigenvalue weighted by atomic mass is 9.78. The van der Waals surface area contributed by atoms with Crippen LogP contribution < -0.4 is 4.74 Å². The van der Waals surface area contributed by atoms with Crippen molar-refractivity contribution in [2.45, 2.75) is 51.6 Å². The summed E-state index contributed by atoms with van der Waals surface area (Å²) >= 11 is 0. The Morgan fingerprint density at radius 2 is 1.74 bits per heavy atom. The Labute approximate surface area is 199 Å². The van der Waals surface area contributed by atoms with Crippen LogP contribution in [0.1, 0.15) is 51.5 Å². The normalized spacial score (nSPS) is 24.2. The van der Waals surface area contributed by atoms with Gasteiger partial charge < -0.3 is 14.6 Å². The molecule has 0 bridgehead atoms. The van der Waals surface area contributed by atoms with E-state index in [0.29, 0.717) is 17.1 Å². The van der Waals surface area contributed by atoms with Gasteiger partial charge in [-0.2, -0.15) is 5.26 Å². The maximum Gasteiger partial charge on any atom is 0.384 e. The molecule has 6 heteroatoms. The van der Waals surface area contributed by atoms with Gasteiger partial charge in [-0.3, -0.25) is 4.79 Å². The fourth-order valence-electron chi connectivity index (χ4n) is 5.13. The SMILES string of the molecule is CC1(OC(=O)C#C[C@H]2C(C)(C)[C@]2(C(=O)O)C(C#N)c2cccc(Oc3ccccc3)c2)CCC1. The minimum absolute atomic E-state index is 0.483. The molecule has 174 valence electrons. The topological polar surface area (TPSA) is 96.6 Å². The lowest BCUT2D eigenvalue weighted by Gasteiger charge is -2.36. The Balaban J connectivity index is 1.62. The summed E-state index contributed by atoms with van der Waals surface area (Å²) in [5.41, 5.74) is -2.26. The molecule has 0 spiro atoms. The van der Waals surface area contributed by atoms with Gasteiger partial charge in [0, 0.05) is 11.8 Å². The summed E-state index contributed by atoms with van der Waals surface area (Å²) < 4.78 is 11.3. The number of nitriles is 1. The second kappa shape index (κ2) is 8.54. The molecule has 34 heavy (non-hydrogen) atoms. The number of nitrogens with zero attached hydrogens (tertiary/aromatic N) is 1. The van der Waals surface area contributed by atoms with Crippen LogP contribution in [0, 0.1) is 39.9 Å². The monoisotopic (exact) mass is 457 g/mol. The number of carboxylic acids is 1. The minimum Gasteiger partial charge on any atom is -0.481 e. The number of hydrogen-bond donors (Lipinski definition) is 1. The van der Waals surface area contributed by atoms with Gasteiger partial charge in [-0.05, 0) is 61.4 Å². The summed E-state index contributed by atoms with van der Waals surface area (Å²) in [4.78, 5) is 24.9. The Hall–Kier alpha value is -3.77. The van der Waals surface area contributed by atoms with Gasteiger partial charge in [0.25, 0.3) is 0 Å². The highest BCUT2D eigenvalue weighted by atomic mass is 16.6. The molecule has 0 amide bonds. The van der Waals surface area contributed by atoms with E-state index in [4.69, 9.17) is 9.47 Å². The molecule has 6 nitrogen and oxygen atoms in total. The van der Waals surface area contributed by atoms with Crippen molar-refractivity contribution in [3.8, 4) is 29.4 Å². The summed E-state index contributed by atoms with van der Waals surface area (Å²) in [6, 6.07) is 18.3. The molecule has 2 aliphatic carbocycles. The quantitative estimate of drug-likeness (QED) is 0.359.